The fourth-order valence-electron chi connectivity index (χ4n) is 0.621. The van der Waals surface area contributed by atoms with Crippen LogP contribution in [0.5, 0.6) is 0 Å². The van der Waals surface area contributed by atoms with Gasteiger partial charge in [-0.2, -0.15) is 4.99 Å². The van der Waals surface area contributed by atoms with E-state index in [9.17, 15) is 4.39 Å². The third-order valence-electron chi connectivity index (χ3n) is 1.07. The molecular formula is C7H3BrFNS. The van der Waals surface area contributed by atoms with Crippen molar-refractivity contribution in [1.82, 2.24) is 0 Å². The molecule has 1 aromatic carbocycles. The molecule has 0 N–H and O–H groups in total. The molecule has 1 aromatic rings. The van der Waals surface area contributed by atoms with Crippen LogP contribution >= 0.6 is 28.1 Å². The highest BCUT2D eigenvalue weighted by Crippen LogP contribution is 2.21. The molecular weight excluding hydrogens is 229 g/mol. The van der Waals surface area contributed by atoms with Crippen LogP contribution in [-0.4, -0.2) is 5.16 Å². The largest absolute Gasteiger partial charge is 0.205 e. The van der Waals surface area contributed by atoms with E-state index < -0.39 is 5.82 Å². The third-order valence-corrected chi connectivity index (χ3v) is 1.66. The van der Waals surface area contributed by atoms with E-state index in [1.54, 1.807) is 6.07 Å². The minimum absolute atomic E-state index is 0.203. The molecule has 0 radical (unpaired) electrons. The van der Waals surface area contributed by atoms with Crippen molar-refractivity contribution in [3.8, 4) is 0 Å². The van der Waals surface area contributed by atoms with Crippen molar-refractivity contribution in [3.05, 3.63) is 28.5 Å². The molecule has 0 aliphatic carbocycles. The predicted molar refractivity (Wildman–Crippen MR) is 48.8 cm³/mol. The van der Waals surface area contributed by atoms with Crippen LogP contribution < -0.4 is 0 Å². The van der Waals surface area contributed by atoms with Crippen molar-refractivity contribution >= 4 is 39.0 Å². The van der Waals surface area contributed by atoms with Gasteiger partial charge in [0.25, 0.3) is 0 Å². The maximum Gasteiger partial charge on any atom is 0.149 e. The Morgan fingerprint density at radius 2 is 2.27 bits per heavy atom. The van der Waals surface area contributed by atoms with Crippen LogP contribution in [-0.2, 0) is 0 Å². The Bertz CT molecular complexity index is 320. The minimum atomic E-state index is -0.398. The number of hydrogen-bond donors (Lipinski definition) is 0. The molecule has 0 spiro atoms. The molecule has 4 heteroatoms. The molecule has 56 valence electrons. The highest BCUT2D eigenvalue weighted by molar-refractivity contribution is 9.10. The summed E-state index contributed by atoms with van der Waals surface area (Å²) in [6.45, 7) is 0. The van der Waals surface area contributed by atoms with Gasteiger partial charge < -0.3 is 0 Å². The number of rotatable bonds is 1. The van der Waals surface area contributed by atoms with Crippen molar-refractivity contribution in [2.24, 2.45) is 4.99 Å². The van der Waals surface area contributed by atoms with Crippen LogP contribution in [0.4, 0.5) is 10.1 Å². The Morgan fingerprint density at radius 1 is 1.55 bits per heavy atom. The van der Waals surface area contributed by atoms with Gasteiger partial charge in [-0.3, -0.25) is 0 Å². The van der Waals surface area contributed by atoms with E-state index in [1.165, 1.54) is 12.1 Å². The predicted octanol–water partition coefficient (Wildman–Crippen LogP) is 3.32. The van der Waals surface area contributed by atoms with Crippen LogP contribution in [0.15, 0.2) is 27.7 Å². The Kier molecular flexibility index (Phi) is 2.88. The Balaban J connectivity index is 3.22. The molecule has 0 amide bonds. The number of benzene rings is 1. The molecule has 0 bridgehead atoms. The zero-order chi connectivity index (χ0) is 8.27. The number of aliphatic imine (C=N–C) groups is 1. The number of hydrogen-bond acceptors (Lipinski definition) is 2. The number of halogens is 2. The lowest BCUT2D eigenvalue weighted by molar-refractivity contribution is 0.630. The van der Waals surface area contributed by atoms with Gasteiger partial charge >= 0.3 is 0 Å². The lowest BCUT2D eigenvalue weighted by atomic mass is 10.3. The molecule has 1 rings (SSSR count). The third kappa shape index (κ3) is 2.19. The quantitative estimate of drug-likeness (QED) is 0.534. The average molecular weight is 232 g/mol. The Hall–Kier alpha value is -0.570. The van der Waals surface area contributed by atoms with Gasteiger partial charge in [0, 0.05) is 4.47 Å². The van der Waals surface area contributed by atoms with Crippen molar-refractivity contribution < 1.29 is 4.39 Å². The molecule has 0 aliphatic heterocycles. The second kappa shape index (κ2) is 3.72. The molecule has 0 saturated carbocycles. The molecule has 0 unspecified atom stereocenters. The van der Waals surface area contributed by atoms with Crippen molar-refractivity contribution in [1.29, 1.82) is 0 Å². The fraction of sp³-hybridized carbons (Fsp3) is 0. The SMILES string of the molecule is Fc1ccc(Br)cc1N=C=S. The summed E-state index contributed by atoms with van der Waals surface area (Å²) in [5.74, 6) is -0.398. The van der Waals surface area contributed by atoms with Crippen LogP contribution in [0.3, 0.4) is 0 Å². The standard InChI is InChI=1S/C7H3BrFNS/c8-5-1-2-6(9)7(3-5)10-4-11/h1-3H. The summed E-state index contributed by atoms with van der Waals surface area (Å²) in [6, 6.07) is 4.45. The van der Waals surface area contributed by atoms with Gasteiger partial charge in [0.2, 0.25) is 0 Å². The summed E-state index contributed by atoms with van der Waals surface area (Å²) < 4.78 is 13.5. The summed E-state index contributed by atoms with van der Waals surface area (Å²) >= 11 is 7.52. The van der Waals surface area contributed by atoms with E-state index in [0.717, 1.165) is 4.47 Å². The summed E-state index contributed by atoms with van der Waals surface area (Å²) in [4.78, 5) is 3.53. The Labute approximate surface area is 77.1 Å². The zero-order valence-electron chi connectivity index (χ0n) is 5.34. The maximum atomic E-state index is 12.8. The maximum absolute atomic E-state index is 12.8. The van der Waals surface area contributed by atoms with E-state index in [0.29, 0.717) is 0 Å². The number of isothiocyanates is 1. The topological polar surface area (TPSA) is 12.4 Å². The molecule has 0 atom stereocenters. The van der Waals surface area contributed by atoms with Crippen molar-refractivity contribution in [3.63, 3.8) is 0 Å². The monoisotopic (exact) mass is 231 g/mol. The number of nitrogens with zero attached hydrogens (tertiary/aromatic N) is 1. The molecule has 11 heavy (non-hydrogen) atoms. The summed E-state index contributed by atoms with van der Waals surface area (Å²) in [5.41, 5.74) is 0.203. The highest BCUT2D eigenvalue weighted by Gasteiger charge is 1.98. The summed E-state index contributed by atoms with van der Waals surface area (Å²) in [7, 11) is 0. The van der Waals surface area contributed by atoms with Gasteiger partial charge in [-0.25, -0.2) is 4.39 Å². The van der Waals surface area contributed by atoms with Gasteiger partial charge in [0.05, 0.1) is 5.16 Å². The van der Waals surface area contributed by atoms with Gasteiger partial charge in [-0.15, -0.1) is 0 Å². The molecule has 1 nitrogen and oxygen atoms in total. The zero-order valence-corrected chi connectivity index (χ0v) is 7.75. The van der Waals surface area contributed by atoms with Gasteiger partial charge in [-0.05, 0) is 30.4 Å². The first-order valence-electron chi connectivity index (χ1n) is 2.77. The van der Waals surface area contributed by atoms with Crippen LogP contribution in [0.1, 0.15) is 0 Å². The van der Waals surface area contributed by atoms with Gasteiger partial charge in [0.15, 0.2) is 0 Å². The van der Waals surface area contributed by atoms with E-state index in [4.69, 9.17) is 0 Å². The first-order chi connectivity index (χ1) is 5.24. The van der Waals surface area contributed by atoms with Gasteiger partial charge in [0.1, 0.15) is 11.5 Å². The molecule has 0 aliphatic rings. The van der Waals surface area contributed by atoms with Crippen LogP contribution in [0, 0.1) is 5.82 Å². The van der Waals surface area contributed by atoms with Crippen LogP contribution in [0.25, 0.3) is 0 Å². The van der Waals surface area contributed by atoms with Gasteiger partial charge in [-0.1, -0.05) is 15.9 Å². The summed E-state index contributed by atoms with van der Waals surface area (Å²) in [5, 5.41) is 2.10. The van der Waals surface area contributed by atoms with Crippen molar-refractivity contribution in [2.75, 3.05) is 0 Å². The lowest BCUT2D eigenvalue weighted by Gasteiger charge is -1.93. The first kappa shape index (κ1) is 8.53. The van der Waals surface area contributed by atoms with Crippen LogP contribution in [0.2, 0.25) is 0 Å². The first-order valence-corrected chi connectivity index (χ1v) is 3.97. The fourth-order valence-corrected chi connectivity index (χ4v) is 1.07. The smallest absolute Gasteiger partial charge is 0.149 e. The van der Waals surface area contributed by atoms with E-state index >= 15 is 0 Å². The lowest BCUT2D eigenvalue weighted by Crippen LogP contribution is -1.73. The second-order valence-electron chi connectivity index (χ2n) is 1.80. The molecule has 0 fully saturated rings. The summed E-state index contributed by atoms with van der Waals surface area (Å²) in [6.07, 6.45) is 0. The van der Waals surface area contributed by atoms with E-state index in [1.807, 2.05) is 0 Å². The highest BCUT2D eigenvalue weighted by atomic mass is 79.9. The molecule has 0 saturated heterocycles. The van der Waals surface area contributed by atoms with E-state index in [2.05, 4.69) is 38.3 Å². The Morgan fingerprint density at radius 3 is 2.91 bits per heavy atom. The minimum Gasteiger partial charge on any atom is -0.205 e. The average Bonchev–Trinajstić information content (AvgIpc) is 1.98. The molecule has 0 heterocycles. The second-order valence-corrected chi connectivity index (χ2v) is 2.90. The van der Waals surface area contributed by atoms with E-state index in [-0.39, 0.29) is 5.69 Å². The van der Waals surface area contributed by atoms with Crippen molar-refractivity contribution in [2.45, 2.75) is 0 Å². The normalized spacial score (nSPS) is 8.91. The number of thiocarbonyl (C=S) groups is 1. The molecule has 0 aromatic heterocycles.